The van der Waals surface area contributed by atoms with Gasteiger partial charge in [0.1, 0.15) is 12.2 Å². The number of carbonyl (C=O) groups excluding carboxylic acids is 1. The van der Waals surface area contributed by atoms with Crippen molar-refractivity contribution in [2.45, 2.75) is 13.3 Å². The van der Waals surface area contributed by atoms with E-state index in [4.69, 9.17) is 18.4 Å². The van der Waals surface area contributed by atoms with Crippen LogP contribution in [0.15, 0.2) is 0 Å². The van der Waals surface area contributed by atoms with Crippen LogP contribution in [0.1, 0.15) is 13.3 Å². The van der Waals surface area contributed by atoms with Gasteiger partial charge in [0.25, 0.3) is 11.4 Å². The van der Waals surface area contributed by atoms with Crippen LogP contribution in [0, 0.1) is 0 Å². The fourth-order valence-electron chi connectivity index (χ4n) is 0.213. The zero-order valence-corrected chi connectivity index (χ0v) is 6.50. The first-order valence-electron chi connectivity index (χ1n) is 2.37. The molecule has 6 nitrogen and oxygen atoms in total. The molecule has 0 aliphatic heterocycles. The summed E-state index contributed by atoms with van der Waals surface area (Å²) in [6, 6.07) is 0. The molecule has 0 aromatic heterocycles. The average Bonchev–Trinajstić information content (AvgIpc) is 1.56. The van der Waals surface area contributed by atoms with Crippen molar-refractivity contribution in [3.05, 3.63) is 0 Å². The Morgan fingerprint density at radius 1 is 1.36 bits per heavy atom. The molecule has 0 fully saturated rings. The Balaban J connectivity index is 0. The highest BCUT2D eigenvalue weighted by molar-refractivity contribution is 7.73. The van der Waals surface area contributed by atoms with Gasteiger partial charge in [0.2, 0.25) is 0 Å². The monoisotopic (exact) mass is 184 g/mol. The van der Waals surface area contributed by atoms with E-state index in [9.17, 15) is 9.59 Å². The van der Waals surface area contributed by atoms with E-state index in [-0.39, 0.29) is 12.2 Å². The number of hydrogen-bond acceptors (Lipinski definition) is 3. The van der Waals surface area contributed by atoms with E-state index in [1.807, 2.05) is 0 Å². The third-order valence-electron chi connectivity index (χ3n) is 0.400. The van der Waals surface area contributed by atoms with Gasteiger partial charge in [0.05, 0.1) is 0 Å². The second-order valence-corrected chi connectivity index (χ2v) is 1.96. The van der Waals surface area contributed by atoms with Gasteiger partial charge in [-0.2, -0.15) is 4.21 Å². The summed E-state index contributed by atoms with van der Waals surface area (Å²) in [5.41, 5.74) is 0. The molecule has 0 radical (unpaired) electrons. The first kappa shape index (κ1) is 12.8. The number of carbonyl (C=O) groups is 2. The van der Waals surface area contributed by atoms with E-state index >= 15 is 0 Å². The molecule has 11 heavy (non-hydrogen) atoms. The average molecular weight is 184 g/mol. The van der Waals surface area contributed by atoms with E-state index in [2.05, 4.69) is 0 Å². The van der Waals surface area contributed by atoms with Crippen LogP contribution in [0.25, 0.3) is 0 Å². The third kappa shape index (κ3) is 46.5. The normalized spacial score (nSPS) is 8.36. The van der Waals surface area contributed by atoms with Crippen molar-refractivity contribution in [1.29, 1.82) is 0 Å². The van der Waals surface area contributed by atoms with Crippen LogP contribution in [0.2, 0.25) is 0 Å². The maximum Gasteiger partial charge on any atom is 0.310 e. The second-order valence-electron chi connectivity index (χ2n) is 1.50. The summed E-state index contributed by atoms with van der Waals surface area (Å²) in [5, 5.41) is 7.86. The van der Waals surface area contributed by atoms with Crippen LogP contribution in [0.5, 0.6) is 0 Å². The van der Waals surface area contributed by atoms with Crippen molar-refractivity contribution in [3.8, 4) is 0 Å². The number of Topliss-reactive ketones (excluding diaryl/α,β-unsaturated/α-hetero) is 1. The molecule has 0 rings (SSSR count). The summed E-state index contributed by atoms with van der Waals surface area (Å²) in [6.45, 7) is 1.24. The molecular formula is C4H8O6S. The molecule has 0 saturated heterocycles. The highest BCUT2D eigenvalue weighted by Gasteiger charge is 1.98. The summed E-state index contributed by atoms with van der Waals surface area (Å²) in [6.07, 6.45) is -0.361. The van der Waals surface area contributed by atoms with Crippen LogP contribution in [0.3, 0.4) is 0 Å². The van der Waals surface area contributed by atoms with Gasteiger partial charge in [-0.3, -0.25) is 18.7 Å². The van der Waals surface area contributed by atoms with Gasteiger partial charge in [-0.25, -0.2) is 0 Å². The first-order valence-corrected chi connectivity index (χ1v) is 3.43. The lowest BCUT2D eigenvalue weighted by atomic mass is 10.3. The Bertz CT molecular complexity index is 148. The summed E-state index contributed by atoms with van der Waals surface area (Å²) >= 11 is -2.61. The molecule has 0 unspecified atom stereocenters. The minimum atomic E-state index is -2.61. The lowest BCUT2D eigenvalue weighted by Gasteiger charge is -1.80. The van der Waals surface area contributed by atoms with Crippen molar-refractivity contribution < 1.29 is 28.0 Å². The molecule has 0 spiro atoms. The topological polar surface area (TPSA) is 112 Å². The molecule has 0 heterocycles. The summed E-state index contributed by atoms with van der Waals surface area (Å²) in [4.78, 5) is 19.5. The fraction of sp³-hybridized carbons (Fsp3) is 0.500. The largest absolute Gasteiger partial charge is 0.481 e. The summed E-state index contributed by atoms with van der Waals surface area (Å²) < 4.78 is 22.8. The Hall–Kier alpha value is -0.790. The van der Waals surface area contributed by atoms with Gasteiger partial charge >= 0.3 is 5.97 Å². The zero-order valence-electron chi connectivity index (χ0n) is 5.68. The lowest BCUT2D eigenvalue weighted by molar-refractivity contribution is -0.139. The van der Waals surface area contributed by atoms with Crippen LogP contribution >= 0.6 is 0 Å². The van der Waals surface area contributed by atoms with E-state index in [1.165, 1.54) is 6.92 Å². The molecule has 0 aromatic rings. The number of hydrogen-bond donors (Lipinski definition) is 3. The first-order chi connectivity index (χ1) is 4.86. The van der Waals surface area contributed by atoms with Crippen molar-refractivity contribution in [3.63, 3.8) is 0 Å². The molecule has 0 aliphatic rings. The molecule has 0 amide bonds. The standard InChI is InChI=1S/C4H6O3.H2O3S/c1-3(5)2-4(6)7;1-4(2)3/h2H2,1H3,(H,6,7);(H2,1,2,3). The van der Waals surface area contributed by atoms with Crippen molar-refractivity contribution >= 4 is 23.1 Å². The van der Waals surface area contributed by atoms with Crippen molar-refractivity contribution in [2.24, 2.45) is 0 Å². The van der Waals surface area contributed by atoms with Gasteiger partial charge in [-0.05, 0) is 6.92 Å². The van der Waals surface area contributed by atoms with E-state index < -0.39 is 17.3 Å². The molecule has 0 aromatic carbocycles. The number of carboxylic acids is 1. The van der Waals surface area contributed by atoms with Crippen LogP contribution in [-0.2, 0) is 21.0 Å². The molecule has 66 valence electrons. The minimum Gasteiger partial charge on any atom is -0.481 e. The molecule has 0 saturated carbocycles. The highest BCUT2D eigenvalue weighted by atomic mass is 32.2. The van der Waals surface area contributed by atoms with Crippen LogP contribution < -0.4 is 0 Å². The van der Waals surface area contributed by atoms with E-state index in [0.717, 1.165) is 0 Å². The molecule has 7 heteroatoms. The maximum absolute atomic E-state index is 9.87. The van der Waals surface area contributed by atoms with Gasteiger partial charge in [-0.1, -0.05) is 0 Å². The smallest absolute Gasteiger partial charge is 0.310 e. The quantitative estimate of drug-likeness (QED) is 0.402. The van der Waals surface area contributed by atoms with E-state index in [1.54, 1.807) is 0 Å². The van der Waals surface area contributed by atoms with Gasteiger partial charge < -0.3 is 5.11 Å². The third-order valence-corrected chi connectivity index (χ3v) is 0.400. The Morgan fingerprint density at radius 3 is 1.64 bits per heavy atom. The van der Waals surface area contributed by atoms with Gasteiger partial charge in [0.15, 0.2) is 0 Å². The Labute approximate surface area is 65.3 Å². The van der Waals surface area contributed by atoms with Crippen molar-refractivity contribution in [2.75, 3.05) is 0 Å². The van der Waals surface area contributed by atoms with Gasteiger partial charge in [-0.15, -0.1) is 0 Å². The zero-order chi connectivity index (χ0) is 9.44. The lowest BCUT2D eigenvalue weighted by Crippen LogP contribution is -2.00. The summed E-state index contributed by atoms with van der Waals surface area (Å²) in [5.74, 6) is -1.37. The number of rotatable bonds is 2. The Kier molecular flexibility index (Phi) is 8.55. The second kappa shape index (κ2) is 7.32. The predicted octanol–water partition coefficient (Wildman–Crippen LogP) is -0.269. The molecule has 0 aliphatic carbocycles. The number of carboxylic acid groups (broad SMARTS) is 1. The van der Waals surface area contributed by atoms with Crippen molar-refractivity contribution in [1.82, 2.24) is 0 Å². The number of aliphatic carboxylic acids is 1. The maximum atomic E-state index is 9.87. The number of ketones is 1. The molecular weight excluding hydrogens is 176 g/mol. The highest BCUT2D eigenvalue weighted by Crippen LogP contribution is 1.77. The fourth-order valence-corrected chi connectivity index (χ4v) is 0.213. The Morgan fingerprint density at radius 2 is 1.64 bits per heavy atom. The summed E-state index contributed by atoms with van der Waals surface area (Å²) in [7, 11) is 0. The van der Waals surface area contributed by atoms with E-state index in [0.29, 0.717) is 0 Å². The van der Waals surface area contributed by atoms with Crippen LogP contribution in [0.4, 0.5) is 0 Å². The molecule has 3 N–H and O–H groups in total. The molecule has 0 atom stereocenters. The van der Waals surface area contributed by atoms with Gasteiger partial charge in [0, 0.05) is 0 Å². The van der Waals surface area contributed by atoms with Crippen LogP contribution in [-0.4, -0.2) is 30.2 Å². The minimum absolute atomic E-state index is 0.312. The predicted molar refractivity (Wildman–Crippen MR) is 36.3 cm³/mol. The molecule has 0 bridgehead atoms. The SMILES string of the molecule is CC(=O)CC(=O)O.O=S(O)O.